The molecule has 1 N–H and O–H groups in total. The van der Waals surface area contributed by atoms with Gasteiger partial charge < -0.3 is 9.84 Å². The molecule has 98 valence electrons. The molecule has 1 aliphatic rings. The molecule has 1 unspecified atom stereocenters. The van der Waals surface area contributed by atoms with Crippen LogP contribution >= 0.6 is 0 Å². The summed E-state index contributed by atoms with van der Waals surface area (Å²) in [5.74, 6) is -10.0. The highest BCUT2D eigenvalue weighted by Gasteiger charge is 2.28. The van der Waals surface area contributed by atoms with Gasteiger partial charge in [0.15, 0.2) is 0 Å². The second kappa shape index (κ2) is 4.88. The fourth-order valence-electron chi connectivity index (χ4n) is 1.74. The van der Waals surface area contributed by atoms with Crippen molar-refractivity contribution in [2.75, 3.05) is 0 Å². The summed E-state index contributed by atoms with van der Waals surface area (Å²) in [5.41, 5.74) is 0. The van der Waals surface area contributed by atoms with Crippen LogP contribution in [-0.2, 0) is 0 Å². The van der Waals surface area contributed by atoms with E-state index in [9.17, 15) is 22.7 Å². The minimum atomic E-state index is -2.06. The topological polar surface area (TPSA) is 29.5 Å². The van der Waals surface area contributed by atoms with Gasteiger partial charge in [0.1, 0.15) is 6.10 Å². The van der Waals surface area contributed by atoms with Crippen molar-refractivity contribution in [2.45, 2.75) is 25.4 Å². The lowest BCUT2D eigenvalue weighted by Gasteiger charge is -2.19. The molecule has 0 fully saturated rings. The average Bonchev–Trinajstić information content (AvgIpc) is 2.40. The quantitative estimate of drug-likeness (QED) is 0.383. The predicted molar refractivity (Wildman–Crippen MR) is 55.3 cm³/mol. The first-order valence-corrected chi connectivity index (χ1v) is 5.40. The molecular weight excluding hydrogens is 252 g/mol. The number of halogens is 4. The SMILES string of the molecule is Oc1c(F)c(F)c(F)c(F)c1OC1C=CCCC1. The van der Waals surface area contributed by atoms with Crippen molar-refractivity contribution < 1.29 is 27.4 Å². The molecule has 1 aliphatic carbocycles. The molecule has 1 aromatic carbocycles. The first kappa shape index (κ1) is 12.7. The van der Waals surface area contributed by atoms with Crippen LogP contribution in [0.2, 0.25) is 0 Å². The number of phenols is 1. The summed E-state index contributed by atoms with van der Waals surface area (Å²) in [4.78, 5) is 0. The Morgan fingerprint density at radius 2 is 1.72 bits per heavy atom. The van der Waals surface area contributed by atoms with Crippen LogP contribution in [0.25, 0.3) is 0 Å². The summed E-state index contributed by atoms with van der Waals surface area (Å²) in [6, 6.07) is 0. The van der Waals surface area contributed by atoms with E-state index in [1.54, 1.807) is 12.2 Å². The number of aromatic hydroxyl groups is 1. The highest BCUT2D eigenvalue weighted by Crippen LogP contribution is 2.37. The van der Waals surface area contributed by atoms with Gasteiger partial charge in [-0.3, -0.25) is 0 Å². The fourth-order valence-corrected chi connectivity index (χ4v) is 1.74. The van der Waals surface area contributed by atoms with Gasteiger partial charge in [-0.1, -0.05) is 6.08 Å². The summed E-state index contributed by atoms with van der Waals surface area (Å²) >= 11 is 0. The normalized spacial score (nSPS) is 19.0. The van der Waals surface area contributed by atoms with Crippen molar-refractivity contribution in [3.8, 4) is 11.5 Å². The van der Waals surface area contributed by atoms with E-state index >= 15 is 0 Å². The molecule has 0 aliphatic heterocycles. The molecule has 0 bridgehead atoms. The molecule has 2 rings (SSSR count). The number of allylic oxidation sites excluding steroid dienone is 1. The van der Waals surface area contributed by atoms with Crippen molar-refractivity contribution in [2.24, 2.45) is 0 Å². The minimum absolute atomic E-state index is 0.524. The summed E-state index contributed by atoms with van der Waals surface area (Å²) in [6.07, 6.45) is 4.91. The van der Waals surface area contributed by atoms with E-state index in [1.807, 2.05) is 0 Å². The molecule has 6 heteroatoms. The van der Waals surface area contributed by atoms with Gasteiger partial charge in [-0.05, 0) is 25.3 Å². The molecular formula is C12H10F4O2. The average molecular weight is 262 g/mol. The standard InChI is InChI=1S/C12H10F4O2/c13-7-8(14)10(16)12(11(17)9(7)15)18-6-4-2-1-3-5-6/h2,4,6,17H,1,3,5H2. The van der Waals surface area contributed by atoms with Crippen LogP contribution in [0.15, 0.2) is 12.2 Å². The Morgan fingerprint density at radius 1 is 1.06 bits per heavy atom. The Kier molecular flexibility index (Phi) is 3.45. The Labute approximate surface area is 100 Å². The van der Waals surface area contributed by atoms with Crippen LogP contribution in [0.5, 0.6) is 11.5 Å². The second-order valence-corrected chi connectivity index (χ2v) is 3.95. The van der Waals surface area contributed by atoms with Crippen LogP contribution in [0.3, 0.4) is 0 Å². The number of rotatable bonds is 2. The van der Waals surface area contributed by atoms with Crippen molar-refractivity contribution in [3.05, 3.63) is 35.4 Å². The molecule has 0 spiro atoms. The third-order valence-corrected chi connectivity index (χ3v) is 2.68. The third-order valence-electron chi connectivity index (χ3n) is 2.68. The first-order chi connectivity index (χ1) is 8.52. The van der Waals surface area contributed by atoms with E-state index in [0.29, 0.717) is 6.42 Å². The van der Waals surface area contributed by atoms with Gasteiger partial charge in [0.05, 0.1) is 0 Å². The maximum absolute atomic E-state index is 13.4. The first-order valence-electron chi connectivity index (χ1n) is 5.40. The number of hydrogen-bond donors (Lipinski definition) is 1. The zero-order chi connectivity index (χ0) is 13.3. The van der Waals surface area contributed by atoms with E-state index < -0.39 is 40.9 Å². The van der Waals surface area contributed by atoms with Crippen molar-refractivity contribution in [1.82, 2.24) is 0 Å². The van der Waals surface area contributed by atoms with E-state index in [2.05, 4.69) is 0 Å². The van der Waals surface area contributed by atoms with Gasteiger partial charge in [-0.25, -0.2) is 8.78 Å². The molecule has 0 aromatic heterocycles. The highest BCUT2D eigenvalue weighted by atomic mass is 19.2. The van der Waals surface area contributed by atoms with Crippen molar-refractivity contribution in [3.63, 3.8) is 0 Å². The molecule has 18 heavy (non-hydrogen) atoms. The molecule has 0 heterocycles. The van der Waals surface area contributed by atoms with Crippen LogP contribution < -0.4 is 4.74 Å². The summed E-state index contributed by atoms with van der Waals surface area (Å²) in [5, 5.41) is 9.24. The summed E-state index contributed by atoms with van der Waals surface area (Å²) in [6.45, 7) is 0. The molecule has 0 radical (unpaired) electrons. The van der Waals surface area contributed by atoms with Crippen LogP contribution in [0.4, 0.5) is 17.6 Å². The number of phenolic OH excluding ortho intramolecular Hbond substituents is 1. The van der Waals surface area contributed by atoms with Gasteiger partial charge in [-0.15, -0.1) is 0 Å². The molecule has 1 aromatic rings. The maximum Gasteiger partial charge on any atom is 0.207 e. The Morgan fingerprint density at radius 3 is 2.33 bits per heavy atom. The van der Waals surface area contributed by atoms with Gasteiger partial charge in [0, 0.05) is 0 Å². The van der Waals surface area contributed by atoms with E-state index in [0.717, 1.165) is 12.8 Å². The Hall–Kier alpha value is -1.72. The molecule has 2 nitrogen and oxygen atoms in total. The third kappa shape index (κ3) is 2.14. The predicted octanol–water partition coefficient (Wildman–Crippen LogP) is 3.44. The minimum Gasteiger partial charge on any atom is -0.502 e. The van der Waals surface area contributed by atoms with Crippen molar-refractivity contribution >= 4 is 0 Å². The Balaban J connectivity index is 2.38. The van der Waals surface area contributed by atoms with Gasteiger partial charge in [-0.2, -0.15) is 8.78 Å². The van der Waals surface area contributed by atoms with E-state index in [4.69, 9.17) is 4.74 Å². The largest absolute Gasteiger partial charge is 0.502 e. The second-order valence-electron chi connectivity index (χ2n) is 3.95. The number of ether oxygens (including phenoxy) is 1. The lowest BCUT2D eigenvalue weighted by atomic mass is 10.1. The number of benzene rings is 1. The molecule has 0 amide bonds. The smallest absolute Gasteiger partial charge is 0.207 e. The lowest BCUT2D eigenvalue weighted by Crippen LogP contribution is -2.17. The lowest BCUT2D eigenvalue weighted by molar-refractivity contribution is 0.201. The monoisotopic (exact) mass is 262 g/mol. The van der Waals surface area contributed by atoms with Gasteiger partial charge in [0.2, 0.25) is 34.8 Å². The van der Waals surface area contributed by atoms with Crippen LogP contribution in [-0.4, -0.2) is 11.2 Å². The Bertz CT molecular complexity index is 470. The van der Waals surface area contributed by atoms with Gasteiger partial charge >= 0.3 is 0 Å². The summed E-state index contributed by atoms with van der Waals surface area (Å²) in [7, 11) is 0. The van der Waals surface area contributed by atoms with E-state index in [-0.39, 0.29) is 0 Å². The highest BCUT2D eigenvalue weighted by molar-refractivity contribution is 5.42. The molecule has 0 saturated carbocycles. The molecule has 0 saturated heterocycles. The zero-order valence-corrected chi connectivity index (χ0v) is 9.22. The molecule has 1 atom stereocenters. The van der Waals surface area contributed by atoms with Crippen LogP contribution in [0.1, 0.15) is 19.3 Å². The maximum atomic E-state index is 13.4. The van der Waals surface area contributed by atoms with Gasteiger partial charge in [0.25, 0.3) is 0 Å². The zero-order valence-electron chi connectivity index (χ0n) is 9.22. The van der Waals surface area contributed by atoms with Crippen molar-refractivity contribution in [1.29, 1.82) is 0 Å². The number of hydrogen-bond acceptors (Lipinski definition) is 2. The van der Waals surface area contributed by atoms with Crippen LogP contribution in [0, 0.1) is 23.3 Å². The summed E-state index contributed by atoms with van der Waals surface area (Å²) < 4.78 is 57.2. The van der Waals surface area contributed by atoms with E-state index in [1.165, 1.54) is 0 Å². The fraction of sp³-hybridized carbons (Fsp3) is 0.333.